The van der Waals surface area contributed by atoms with Crippen LogP contribution in [0.15, 0.2) is 0 Å². The molecule has 120 valence electrons. The second kappa shape index (κ2) is 8.40. The molecule has 2 rings (SSSR count). The lowest BCUT2D eigenvalue weighted by molar-refractivity contribution is -0.140. The Morgan fingerprint density at radius 1 is 0.952 bits per heavy atom. The molecule has 21 heavy (non-hydrogen) atoms. The van der Waals surface area contributed by atoms with Crippen LogP contribution in [0, 0.1) is 5.92 Å². The van der Waals surface area contributed by atoms with Gasteiger partial charge in [-0.2, -0.15) is 0 Å². The van der Waals surface area contributed by atoms with Gasteiger partial charge in [-0.25, -0.2) is 0 Å². The van der Waals surface area contributed by atoms with Gasteiger partial charge in [-0.1, -0.05) is 25.7 Å². The SMILES string of the molecule is O=C(O)CCC1CCCCN1C(=O)CCCC1CCCC1. The van der Waals surface area contributed by atoms with Crippen LogP contribution < -0.4 is 0 Å². The zero-order chi connectivity index (χ0) is 15.1. The van der Waals surface area contributed by atoms with Crippen LogP contribution in [-0.2, 0) is 9.59 Å². The van der Waals surface area contributed by atoms with Crippen LogP contribution in [0.2, 0.25) is 0 Å². The number of hydrogen-bond donors (Lipinski definition) is 1. The van der Waals surface area contributed by atoms with Crippen molar-refractivity contribution < 1.29 is 14.7 Å². The van der Waals surface area contributed by atoms with Crippen LogP contribution >= 0.6 is 0 Å². The number of carbonyl (C=O) groups is 2. The zero-order valence-electron chi connectivity index (χ0n) is 13.1. The summed E-state index contributed by atoms with van der Waals surface area (Å²) >= 11 is 0. The molecule has 1 unspecified atom stereocenters. The maximum absolute atomic E-state index is 12.4. The minimum Gasteiger partial charge on any atom is -0.481 e. The largest absolute Gasteiger partial charge is 0.481 e. The molecule has 1 N–H and O–H groups in total. The number of piperidine rings is 1. The number of carboxylic acids is 1. The molecule has 1 heterocycles. The van der Waals surface area contributed by atoms with Gasteiger partial charge >= 0.3 is 5.97 Å². The number of likely N-dealkylation sites (tertiary alicyclic amines) is 1. The quantitative estimate of drug-likeness (QED) is 0.781. The smallest absolute Gasteiger partial charge is 0.303 e. The highest BCUT2D eigenvalue weighted by Crippen LogP contribution is 2.29. The van der Waals surface area contributed by atoms with E-state index < -0.39 is 5.97 Å². The molecule has 1 saturated carbocycles. The molecule has 2 fully saturated rings. The maximum atomic E-state index is 12.4. The van der Waals surface area contributed by atoms with Crippen molar-refractivity contribution in [3.8, 4) is 0 Å². The summed E-state index contributed by atoms with van der Waals surface area (Å²) in [5.41, 5.74) is 0. The van der Waals surface area contributed by atoms with Crippen LogP contribution in [-0.4, -0.2) is 34.5 Å². The lowest BCUT2D eigenvalue weighted by Crippen LogP contribution is -2.43. The zero-order valence-corrected chi connectivity index (χ0v) is 13.1. The van der Waals surface area contributed by atoms with Gasteiger partial charge in [0.2, 0.25) is 5.91 Å². The first-order valence-electron chi connectivity index (χ1n) is 8.68. The Bertz CT molecular complexity index is 350. The summed E-state index contributed by atoms with van der Waals surface area (Å²) in [5.74, 6) is 0.347. The molecule has 2 aliphatic rings. The van der Waals surface area contributed by atoms with Gasteiger partial charge < -0.3 is 10.0 Å². The van der Waals surface area contributed by atoms with Gasteiger partial charge in [0.05, 0.1) is 0 Å². The normalized spacial score (nSPS) is 23.4. The van der Waals surface area contributed by atoms with E-state index in [-0.39, 0.29) is 18.4 Å². The van der Waals surface area contributed by atoms with Crippen molar-refractivity contribution in [3.63, 3.8) is 0 Å². The van der Waals surface area contributed by atoms with Crippen molar-refractivity contribution in [1.29, 1.82) is 0 Å². The van der Waals surface area contributed by atoms with E-state index in [2.05, 4.69) is 0 Å². The molecule has 0 aromatic carbocycles. The third-order valence-corrected chi connectivity index (χ3v) is 5.12. The number of carbonyl (C=O) groups excluding carboxylic acids is 1. The van der Waals surface area contributed by atoms with Gasteiger partial charge in [0.15, 0.2) is 0 Å². The van der Waals surface area contributed by atoms with Gasteiger partial charge in [0.25, 0.3) is 0 Å². The topological polar surface area (TPSA) is 57.6 Å². The highest BCUT2D eigenvalue weighted by Gasteiger charge is 2.26. The summed E-state index contributed by atoms with van der Waals surface area (Å²) in [4.78, 5) is 25.1. The number of amides is 1. The van der Waals surface area contributed by atoms with E-state index in [0.29, 0.717) is 12.8 Å². The summed E-state index contributed by atoms with van der Waals surface area (Å²) in [6.07, 6.45) is 12.2. The third-order valence-electron chi connectivity index (χ3n) is 5.12. The van der Waals surface area contributed by atoms with E-state index >= 15 is 0 Å². The van der Waals surface area contributed by atoms with Crippen LogP contribution in [0.1, 0.15) is 77.0 Å². The standard InChI is InChI=1S/C17H29NO3/c19-16(10-5-8-14-6-1-2-7-14)18-13-4-3-9-15(18)11-12-17(20)21/h14-15H,1-13H2,(H,20,21). The molecule has 0 spiro atoms. The molecule has 0 radical (unpaired) electrons. The van der Waals surface area contributed by atoms with Crippen LogP contribution in [0.25, 0.3) is 0 Å². The molecule has 1 aliphatic heterocycles. The first kappa shape index (κ1) is 16.3. The molecular weight excluding hydrogens is 266 g/mol. The highest BCUT2D eigenvalue weighted by atomic mass is 16.4. The fraction of sp³-hybridized carbons (Fsp3) is 0.882. The van der Waals surface area contributed by atoms with Gasteiger partial charge in [0, 0.05) is 25.4 Å². The van der Waals surface area contributed by atoms with Crippen LogP contribution in [0.3, 0.4) is 0 Å². The summed E-state index contributed by atoms with van der Waals surface area (Å²) in [6, 6.07) is 0.161. The highest BCUT2D eigenvalue weighted by molar-refractivity contribution is 5.76. The van der Waals surface area contributed by atoms with E-state index in [1.54, 1.807) is 0 Å². The Kier molecular flexibility index (Phi) is 6.52. The Labute approximate surface area is 127 Å². The predicted octanol–water partition coefficient (Wildman–Crippen LogP) is 3.59. The van der Waals surface area contributed by atoms with Gasteiger partial charge in [0.1, 0.15) is 0 Å². The predicted molar refractivity (Wildman–Crippen MR) is 82.0 cm³/mol. The lowest BCUT2D eigenvalue weighted by atomic mass is 9.96. The molecule has 4 heteroatoms. The van der Waals surface area contributed by atoms with Crippen molar-refractivity contribution in [3.05, 3.63) is 0 Å². The first-order chi connectivity index (χ1) is 10.2. The molecule has 0 bridgehead atoms. The summed E-state index contributed by atoms with van der Waals surface area (Å²) in [5, 5.41) is 8.83. The third kappa shape index (κ3) is 5.33. The fourth-order valence-electron chi connectivity index (χ4n) is 3.90. The maximum Gasteiger partial charge on any atom is 0.303 e. The van der Waals surface area contributed by atoms with Crippen molar-refractivity contribution >= 4 is 11.9 Å². The molecule has 1 atom stereocenters. The lowest BCUT2D eigenvalue weighted by Gasteiger charge is -2.36. The number of nitrogens with zero attached hydrogens (tertiary/aromatic N) is 1. The molecule has 1 saturated heterocycles. The van der Waals surface area contributed by atoms with E-state index in [0.717, 1.165) is 38.1 Å². The second-order valence-electron chi connectivity index (χ2n) is 6.71. The van der Waals surface area contributed by atoms with Crippen molar-refractivity contribution in [2.45, 2.75) is 83.1 Å². The molecule has 4 nitrogen and oxygen atoms in total. The second-order valence-corrected chi connectivity index (χ2v) is 6.71. The average Bonchev–Trinajstić information content (AvgIpc) is 2.98. The number of rotatable bonds is 7. The molecule has 1 aliphatic carbocycles. The van der Waals surface area contributed by atoms with Gasteiger partial charge in [-0.15, -0.1) is 0 Å². The van der Waals surface area contributed by atoms with E-state index in [1.165, 1.54) is 32.1 Å². The number of carboxylic acid groups (broad SMARTS) is 1. The average molecular weight is 295 g/mol. The van der Waals surface area contributed by atoms with E-state index in [1.807, 2.05) is 4.90 Å². The first-order valence-corrected chi connectivity index (χ1v) is 8.68. The van der Waals surface area contributed by atoms with E-state index in [4.69, 9.17) is 5.11 Å². The molecule has 1 amide bonds. The van der Waals surface area contributed by atoms with Crippen molar-refractivity contribution in [2.24, 2.45) is 5.92 Å². The monoisotopic (exact) mass is 295 g/mol. The Morgan fingerprint density at radius 3 is 2.38 bits per heavy atom. The van der Waals surface area contributed by atoms with Crippen LogP contribution in [0.5, 0.6) is 0 Å². The van der Waals surface area contributed by atoms with Crippen LogP contribution in [0.4, 0.5) is 0 Å². The van der Waals surface area contributed by atoms with Gasteiger partial charge in [-0.05, 0) is 44.4 Å². The van der Waals surface area contributed by atoms with Gasteiger partial charge in [-0.3, -0.25) is 9.59 Å². The molecule has 0 aromatic heterocycles. The number of hydrogen-bond acceptors (Lipinski definition) is 2. The minimum atomic E-state index is -0.755. The molecular formula is C17H29NO3. The molecule has 0 aromatic rings. The fourth-order valence-corrected chi connectivity index (χ4v) is 3.90. The Balaban J connectivity index is 1.73. The Morgan fingerprint density at radius 2 is 1.67 bits per heavy atom. The summed E-state index contributed by atoms with van der Waals surface area (Å²) < 4.78 is 0. The number of aliphatic carboxylic acids is 1. The summed E-state index contributed by atoms with van der Waals surface area (Å²) in [6.45, 7) is 0.826. The summed E-state index contributed by atoms with van der Waals surface area (Å²) in [7, 11) is 0. The van der Waals surface area contributed by atoms with E-state index in [9.17, 15) is 9.59 Å². The van der Waals surface area contributed by atoms with Crippen molar-refractivity contribution in [1.82, 2.24) is 4.90 Å². The Hall–Kier alpha value is -1.06. The van der Waals surface area contributed by atoms with Crippen molar-refractivity contribution in [2.75, 3.05) is 6.54 Å². The minimum absolute atomic E-state index is 0.161.